The monoisotopic (exact) mass is 283 g/mol. The number of rotatable bonds is 3. The Balaban J connectivity index is 1.80. The van der Waals surface area contributed by atoms with Crippen molar-refractivity contribution in [3.05, 3.63) is 47.5 Å². The van der Waals surface area contributed by atoms with Crippen molar-refractivity contribution in [1.29, 1.82) is 0 Å². The quantitative estimate of drug-likeness (QED) is 0.935. The molecular weight excluding hydrogens is 262 g/mol. The fourth-order valence-corrected chi connectivity index (χ4v) is 2.77. The van der Waals surface area contributed by atoms with Gasteiger partial charge in [-0.2, -0.15) is 0 Å². The van der Waals surface area contributed by atoms with Crippen LogP contribution in [0.2, 0.25) is 0 Å². The van der Waals surface area contributed by atoms with Gasteiger partial charge in [-0.05, 0) is 36.5 Å². The van der Waals surface area contributed by atoms with Crippen molar-refractivity contribution in [3.8, 4) is 0 Å². The van der Waals surface area contributed by atoms with Crippen LogP contribution in [0.15, 0.2) is 30.5 Å². The number of aryl methyl sites for hydroxylation is 1. The van der Waals surface area contributed by atoms with E-state index in [-0.39, 0.29) is 5.91 Å². The van der Waals surface area contributed by atoms with Gasteiger partial charge >= 0.3 is 0 Å². The van der Waals surface area contributed by atoms with Crippen molar-refractivity contribution in [2.24, 2.45) is 0 Å². The van der Waals surface area contributed by atoms with Crippen LogP contribution >= 0.6 is 0 Å². The summed E-state index contributed by atoms with van der Waals surface area (Å²) in [6, 6.07) is 8.03. The van der Waals surface area contributed by atoms with E-state index in [2.05, 4.69) is 30.2 Å². The summed E-state index contributed by atoms with van der Waals surface area (Å²) >= 11 is 0. The van der Waals surface area contributed by atoms with E-state index in [1.807, 2.05) is 22.8 Å². The van der Waals surface area contributed by atoms with Crippen LogP contribution in [0.25, 0.3) is 0 Å². The Morgan fingerprint density at radius 1 is 1.33 bits per heavy atom. The van der Waals surface area contributed by atoms with E-state index in [1.165, 1.54) is 5.56 Å². The summed E-state index contributed by atoms with van der Waals surface area (Å²) in [5.41, 5.74) is 2.74. The Bertz CT molecular complexity index is 658. The number of nitrogens with zero attached hydrogens (tertiary/aromatic N) is 2. The lowest BCUT2D eigenvalue weighted by molar-refractivity contribution is 0.101. The number of fused-ring (bicyclic) bond motifs is 1. The second-order valence-electron chi connectivity index (χ2n) is 5.90. The van der Waals surface area contributed by atoms with Crippen LogP contribution in [-0.4, -0.2) is 15.5 Å². The zero-order valence-corrected chi connectivity index (χ0v) is 12.6. The molecule has 1 aliphatic heterocycles. The number of anilines is 1. The second kappa shape index (κ2) is 5.72. The number of aromatic nitrogens is 2. The maximum absolute atomic E-state index is 12.5. The average molecular weight is 283 g/mol. The molecule has 2 heterocycles. The molecule has 2 aromatic rings. The zero-order chi connectivity index (χ0) is 14.8. The molecular formula is C17H21N3O. The standard InChI is InChI=1S/C17H21N3O/c1-12(2)13-6-5-7-14(10-13)19-17(21)15-11-18-16-8-3-4-9-20(15)16/h5-7,10-12H,3-4,8-9H2,1-2H3,(H,19,21). The predicted molar refractivity (Wildman–Crippen MR) is 83.6 cm³/mol. The fourth-order valence-electron chi connectivity index (χ4n) is 2.77. The van der Waals surface area contributed by atoms with Gasteiger partial charge in [0.2, 0.25) is 0 Å². The van der Waals surface area contributed by atoms with Crippen molar-refractivity contribution >= 4 is 11.6 Å². The lowest BCUT2D eigenvalue weighted by Gasteiger charge is -2.16. The van der Waals surface area contributed by atoms with Gasteiger partial charge in [-0.3, -0.25) is 4.79 Å². The van der Waals surface area contributed by atoms with E-state index in [4.69, 9.17) is 0 Å². The van der Waals surface area contributed by atoms with Crippen molar-refractivity contribution in [1.82, 2.24) is 9.55 Å². The third-order valence-electron chi connectivity index (χ3n) is 4.01. The van der Waals surface area contributed by atoms with Gasteiger partial charge in [0, 0.05) is 18.7 Å². The van der Waals surface area contributed by atoms with E-state index >= 15 is 0 Å². The molecule has 0 saturated carbocycles. The highest BCUT2D eigenvalue weighted by molar-refractivity contribution is 6.03. The molecule has 0 spiro atoms. The number of imidazole rings is 1. The molecule has 3 rings (SSSR count). The van der Waals surface area contributed by atoms with Crippen LogP contribution in [-0.2, 0) is 13.0 Å². The molecule has 0 fully saturated rings. The van der Waals surface area contributed by atoms with Crippen molar-refractivity contribution in [2.75, 3.05) is 5.32 Å². The van der Waals surface area contributed by atoms with Crippen molar-refractivity contribution in [3.63, 3.8) is 0 Å². The minimum Gasteiger partial charge on any atom is -0.324 e. The number of carbonyl (C=O) groups excluding carboxylic acids is 1. The summed E-state index contributed by atoms with van der Waals surface area (Å²) in [6.07, 6.45) is 4.94. The molecule has 4 heteroatoms. The van der Waals surface area contributed by atoms with Crippen LogP contribution in [0, 0.1) is 0 Å². The van der Waals surface area contributed by atoms with E-state index in [1.54, 1.807) is 6.20 Å². The number of amides is 1. The van der Waals surface area contributed by atoms with Crippen molar-refractivity contribution < 1.29 is 4.79 Å². The van der Waals surface area contributed by atoms with Gasteiger partial charge in [-0.15, -0.1) is 0 Å². The van der Waals surface area contributed by atoms with Crippen LogP contribution in [0.3, 0.4) is 0 Å². The lowest BCUT2D eigenvalue weighted by atomic mass is 10.0. The minimum atomic E-state index is -0.0726. The Morgan fingerprint density at radius 3 is 3.00 bits per heavy atom. The summed E-state index contributed by atoms with van der Waals surface area (Å²) in [5.74, 6) is 1.41. The molecule has 1 aliphatic rings. The average Bonchev–Trinajstić information content (AvgIpc) is 2.91. The van der Waals surface area contributed by atoms with Gasteiger partial charge in [0.05, 0.1) is 6.20 Å². The number of carbonyl (C=O) groups is 1. The number of benzene rings is 1. The molecule has 0 bridgehead atoms. The molecule has 1 aromatic carbocycles. The van der Waals surface area contributed by atoms with Crippen LogP contribution < -0.4 is 5.32 Å². The predicted octanol–water partition coefficient (Wildman–Crippen LogP) is 3.60. The normalized spacial score (nSPS) is 14.0. The SMILES string of the molecule is CC(C)c1cccc(NC(=O)c2cnc3n2CCCC3)c1. The zero-order valence-electron chi connectivity index (χ0n) is 12.6. The molecule has 4 nitrogen and oxygen atoms in total. The summed E-state index contributed by atoms with van der Waals surface area (Å²) in [4.78, 5) is 16.8. The molecule has 0 aliphatic carbocycles. The molecule has 110 valence electrons. The van der Waals surface area contributed by atoms with Crippen LogP contribution in [0.5, 0.6) is 0 Å². The molecule has 0 unspecified atom stereocenters. The van der Waals surface area contributed by atoms with Gasteiger partial charge in [-0.1, -0.05) is 26.0 Å². The maximum Gasteiger partial charge on any atom is 0.273 e. The summed E-state index contributed by atoms with van der Waals surface area (Å²) in [5, 5.41) is 2.99. The fraction of sp³-hybridized carbons (Fsp3) is 0.412. The highest BCUT2D eigenvalue weighted by atomic mass is 16.2. The van der Waals surface area contributed by atoms with Gasteiger partial charge < -0.3 is 9.88 Å². The molecule has 0 atom stereocenters. The summed E-state index contributed by atoms with van der Waals surface area (Å²) < 4.78 is 2.05. The topological polar surface area (TPSA) is 46.9 Å². The van der Waals surface area contributed by atoms with E-state index in [9.17, 15) is 4.79 Å². The Morgan fingerprint density at radius 2 is 2.19 bits per heavy atom. The van der Waals surface area contributed by atoms with Gasteiger partial charge in [0.15, 0.2) is 0 Å². The second-order valence-corrected chi connectivity index (χ2v) is 5.90. The highest BCUT2D eigenvalue weighted by Gasteiger charge is 2.19. The smallest absolute Gasteiger partial charge is 0.273 e. The van der Waals surface area contributed by atoms with Gasteiger partial charge in [-0.25, -0.2) is 4.98 Å². The third kappa shape index (κ3) is 2.84. The maximum atomic E-state index is 12.5. The lowest BCUT2D eigenvalue weighted by Crippen LogP contribution is -2.20. The Labute approximate surface area is 125 Å². The molecule has 1 amide bonds. The summed E-state index contributed by atoms with van der Waals surface area (Å²) in [6.45, 7) is 5.19. The highest BCUT2D eigenvalue weighted by Crippen LogP contribution is 2.20. The van der Waals surface area contributed by atoms with E-state index in [0.717, 1.165) is 37.3 Å². The molecule has 1 N–H and O–H groups in total. The van der Waals surface area contributed by atoms with E-state index < -0.39 is 0 Å². The third-order valence-corrected chi connectivity index (χ3v) is 4.01. The molecule has 1 aromatic heterocycles. The number of hydrogen-bond acceptors (Lipinski definition) is 2. The minimum absolute atomic E-state index is 0.0726. The molecule has 0 saturated heterocycles. The first-order valence-electron chi connectivity index (χ1n) is 7.61. The van der Waals surface area contributed by atoms with Crippen LogP contribution in [0.4, 0.5) is 5.69 Å². The number of hydrogen-bond donors (Lipinski definition) is 1. The first-order valence-corrected chi connectivity index (χ1v) is 7.61. The first kappa shape index (κ1) is 13.9. The Kier molecular flexibility index (Phi) is 3.78. The van der Waals surface area contributed by atoms with Gasteiger partial charge in [0.25, 0.3) is 5.91 Å². The Hall–Kier alpha value is -2.10. The van der Waals surface area contributed by atoms with E-state index in [0.29, 0.717) is 11.6 Å². The largest absolute Gasteiger partial charge is 0.324 e. The van der Waals surface area contributed by atoms with Crippen LogP contribution in [0.1, 0.15) is 54.5 Å². The van der Waals surface area contributed by atoms with Crippen molar-refractivity contribution in [2.45, 2.75) is 45.6 Å². The molecule has 0 radical (unpaired) electrons. The number of nitrogens with one attached hydrogen (secondary N) is 1. The first-order chi connectivity index (χ1) is 10.1. The molecule has 21 heavy (non-hydrogen) atoms. The van der Waals surface area contributed by atoms with Gasteiger partial charge in [0.1, 0.15) is 11.5 Å². The summed E-state index contributed by atoms with van der Waals surface area (Å²) in [7, 11) is 0.